The molecule has 0 aliphatic heterocycles. The summed E-state index contributed by atoms with van der Waals surface area (Å²) in [5.41, 5.74) is 1.99. The number of phenols is 1. The Morgan fingerprint density at radius 2 is 2.03 bits per heavy atom. The molecule has 0 atom stereocenters. The van der Waals surface area contributed by atoms with E-state index in [9.17, 15) is 10.4 Å². The van der Waals surface area contributed by atoms with Crippen LogP contribution in [-0.4, -0.2) is 27.7 Å². The molecular weight excluding hydrogens is 434 g/mol. The predicted octanol–water partition coefficient (Wildman–Crippen LogP) is 4.43. The fourth-order valence-corrected chi connectivity index (χ4v) is 3.16. The number of hydrogen-bond donors (Lipinski definition) is 1. The molecule has 0 saturated carbocycles. The topological polar surface area (TPSA) is 107 Å². The number of hydrogen-bond acceptors (Lipinski definition) is 6. The Hall–Kier alpha value is -3.62. The van der Waals surface area contributed by atoms with Gasteiger partial charge in [-0.2, -0.15) is 15.6 Å². The quantitative estimate of drug-likeness (QED) is 0.560. The molecule has 0 saturated heterocycles. The second-order valence-corrected chi connectivity index (χ2v) is 6.73. The molecule has 29 heavy (non-hydrogen) atoms. The number of aliphatic imine (C=N–C) groups is 1. The number of aromatic hydroxyl groups is 1. The number of nitriles is 2. The minimum absolute atomic E-state index is 0.00446. The third kappa shape index (κ3) is 4.29. The van der Waals surface area contributed by atoms with Crippen molar-refractivity contribution in [3.05, 3.63) is 63.8 Å². The first kappa shape index (κ1) is 20.1. The van der Waals surface area contributed by atoms with Gasteiger partial charge in [-0.1, -0.05) is 18.2 Å². The molecule has 3 rings (SSSR count). The van der Waals surface area contributed by atoms with Gasteiger partial charge >= 0.3 is 0 Å². The SMILES string of the molecule is CCOc1cc(/C=N/c2c(C#N)c(CC#N)nn2-c2ccccc2)cc(Br)c1O. The third-order valence-corrected chi connectivity index (χ3v) is 4.58. The zero-order valence-corrected chi connectivity index (χ0v) is 17.1. The molecule has 0 fully saturated rings. The van der Waals surface area contributed by atoms with Crippen LogP contribution in [0.5, 0.6) is 11.5 Å². The molecule has 0 spiro atoms. The van der Waals surface area contributed by atoms with E-state index in [0.717, 1.165) is 5.69 Å². The van der Waals surface area contributed by atoms with E-state index in [2.05, 4.69) is 32.1 Å². The molecule has 8 heteroatoms. The van der Waals surface area contributed by atoms with Gasteiger partial charge < -0.3 is 9.84 Å². The highest BCUT2D eigenvalue weighted by atomic mass is 79.9. The van der Waals surface area contributed by atoms with Crippen molar-refractivity contribution in [1.82, 2.24) is 9.78 Å². The Bertz CT molecular complexity index is 1140. The Kier molecular flexibility index (Phi) is 6.28. The number of ether oxygens (including phenoxy) is 1. The molecule has 1 heterocycles. The highest BCUT2D eigenvalue weighted by Crippen LogP contribution is 2.35. The number of nitrogens with zero attached hydrogens (tertiary/aromatic N) is 5. The average molecular weight is 450 g/mol. The van der Waals surface area contributed by atoms with Gasteiger partial charge in [0.05, 0.1) is 35.0 Å². The largest absolute Gasteiger partial charge is 0.503 e. The van der Waals surface area contributed by atoms with Crippen LogP contribution >= 0.6 is 15.9 Å². The smallest absolute Gasteiger partial charge is 0.173 e. The van der Waals surface area contributed by atoms with Gasteiger partial charge in [-0.3, -0.25) is 0 Å². The van der Waals surface area contributed by atoms with Gasteiger partial charge in [-0.05, 0) is 52.7 Å². The van der Waals surface area contributed by atoms with Gasteiger partial charge in [-0.25, -0.2) is 9.67 Å². The van der Waals surface area contributed by atoms with E-state index in [4.69, 9.17) is 10.00 Å². The fourth-order valence-electron chi connectivity index (χ4n) is 2.70. The van der Waals surface area contributed by atoms with Crippen molar-refractivity contribution in [2.45, 2.75) is 13.3 Å². The number of phenolic OH excluding ortho intramolecular Hbond substituents is 1. The molecule has 0 aliphatic carbocycles. The van der Waals surface area contributed by atoms with Crippen molar-refractivity contribution in [3.63, 3.8) is 0 Å². The predicted molar refractivity (Wildman–Crippen MR) is 112 cm³/mol. The molecule has 0 bridgehead atoms. The van der Waals surface area contributed by atoms with Gasteiger partial charge in [0.25, 0.3) is 0 Å². The number of halogens is 1. The zero-order chi connectivity index (χ0) is 20.8. The van der Waals surface area contributed by atoms with Crippen molar-refractivity contribution in [1.29, 1.82) is 10.5 Å². The number of benzene rings is 2. The first-order chi connectivity index (χ1) is 14.1. The summed E-state index contributed by atoms with van der Waals surface area (Å²) in [6.45, 7) is 2.22. The number of para-hydroxylation sites is 1. The average Bonchev–Trinajstić information content (AvgIpc) is 3.08. The molecule has 7 nitrogen and oxygen atoms in total. The monoisotopic (exact) mass is 449 g/mol. The van der Waals surface area contributed by atoms with Crippen LogP contribution in [-0.2, 0) is 6.42 Å². The molecule has 0 radical (unpaired) electrons. The lowest BCUT2D eigenvalue weighted by atomic mass is 10.2. The van der Waals surface area contributed by atoms with E-state index in [1.54, 1.807) is 23.0 Å². The molecule has 144 valence electrons. The van der Waals surface area contributed by atoms with Gasteiger partial charge in [-0.15, -0.1) is 0 Å². The van der Waals surface area contributed by atoms with E-state index < -0.39 is 0 Å². The number of rotatable bonds is 6. The van der Waals surface area contributed by atoms with E-state index >= 15 is 0 Å². The minimum Gasteiger partial charge on any atom is -0.503 e. The lowest BCUT2D eigenvalue weighted by Crippen LogP contribution is -1.97. The van der Waals surface area contributed by atoms with E-state index in [0.29, 0.717) is 33.9 Å². The molecule has 0 unspecified atom stereocenters. The maximum absolute atomic E-state index is 10.1. The van der Waals surface area contributed by atoms with Crippen molar-refractivity contribution in [3.8, 4) is 29.3 Å². The van der Waals surface area contributed by atoms with Crippen molar-refractivity contribution < 1.29 is 9.84 Å². The van der Waals surface area contributed by atoms with Gasteiger partial charge in [0.1, 0.15) is 11.6 Å². The highest BCUT2D eigenvalue weighted by molar-refractivity contribution is 9.10. The lowest BCUT2D eigenvalue weighted by Gasteiger charge is -2.08. The van der Waals surface area contributed by atoms with Crippen LogP contribution in [0.3, 0.4) is 0 Å². The van der Waals surface area contributed by atoms with Gasteiger partial charge in [0.15, 0.2) is 17.3 Å². The maximum Gasteiger partial charge on any atom is 0.173 e. The second-order valence-electron chi connectivity index (χ2n) is 5.88. The summed E-state index contributed by atoms with van der Waals surface area (Å²) in [4.78, 5) is 4.48. The van der Waals surface area contributed by atoms with E-state index in [1.165, 1.54) is 0 Å². The van der Waals surface area contributed by atoms with Crippen LogP contribution in [0.4, 0.5) is 5.82 Å². The van der Waals surface area contributed by atoms with E-state index in [-0.39, 0.29) is 17.7 Å². The standard InChI is InChI=1S/C21H16BrN5O2/c1-2-29-19-11-14(10-17(22)20(19)28)13-25-21-16(12-24)18(8-9-23)26-27(21)15-6-4-3-5-7-15/h3-7,10-11,13,28H,2,8H2,1H3/b25-13+. The summed E-state index contributed by atoms with van der Waals surface area (Å²) < 4.78 is 7.44. The van der Waals surface area contributed by atoms with Crippen molar-refractivity contribution in [2.24, 2.45) is 4.99 Å². The molecular formula is C21H16BrN5O2. The summed E-state index contributed by atoms with van der Waals surface area (Å²) in [7, 11) is 0. The number of aromatic nitrogens is 2. The zero-order valence-electron chi connectivity index (χ0n) is 15.5. The maximum atomic E-state index is 10.1. The van der Waals surface area contributed by atoms with Crippen molar-refractivity contribution >= 4 is 28.0 Å². The van der Waals surface area contributed by atoms with Crippen molar-refractivity contribution in [2.75, 3.05) is 6.61 Å². The Balaban J connectivity index is 2.11. The lowest BCUT2D eigenvalue weighted by molar-refractivity contribution is 0.317. The normalized spacial score (nSPS) is 10.6. The van der Waals surface area contributed by atoms with Crippen LogP contribution in [0.25, 0.3) is 5.69 Å². The summed E-state index contributed by atoms with van der Waals surface area (Å²) in [5, 5.41) is 33.2. The van der Waals surface area contributed by atoms with Gasteiger partial charge in [0.2, 0.25) is 0 Å². The molecule has 1 N–H and O–H groups in total. The van der Waals surface area contributed by atoms with Gasteiger partial charge in [0, 0.05) is 6.21 Å². The molecule has 1 aromatic heterocycles. The summed E-state index contributed by atoms with van der Waals surface area (Å²) in [6, 6.07) is 16.7. The molecule has 2 aromatic carbocycles. The Morgan fingerprint density at radius 1 is 1.28 bits per heavy atom. The summed E-state index contributed by atoms with van der Waals surface area (Å²) in [6.07, 6.45) is 1.56. The van der Waals surface area contributed by atoms with Crippen LogP contribution in [0.15, 0.2) is 51.9 Å². The molecule has 0 amide bonds. The molecule has 0 aliphatic rings. The molecule has 3 aromatic rings. The highest BCUT2D eigenvalue weighted by Gasteiger charge is 2.18. The third-order valence-electron chi connectivity index (χ3n) is 3.98. The first-order valence-electron chi connectivity index (χ1n) is 8.72. The van der Waals surface area contributed by atoms with Crippen LogP contribution in [0.2, 0.25) is 0 Å². The fraction of sp³-hybridized carbons (Fsp3) is 0.143. The first-order valence-corrected chi connectivity index (χ1v) is 9.52. The van der Waals surface area contributed by atoms with Crippen LogP contribution in [0, 0.1) is 22.7 Å². The second kappa shape index (κ2) is 9.05. The van der Waals surface area contributed by atoms with E-state index in [1.807, 2.05) is 43.3 Å². The van der Waals surface area contributed by atoms with Crippen LogP contribution in [0.1, 0.15) is 23.7 Å². The van der Waals surface area contributed by atoms with Crippen LogP contribution < -0.4 is 4.74 Å². The summed E-state index contributed by atoms with van der Waals surface area (Å²) in [5.74, 6) is 0.657. The Morgan fingerprint density at radius 3 is 2.69 bits per heavy atom. The minimum atomic E-state index is 0.00446. The Labute approximate surface area is 176 Å². The summed E-state index contributed by atoms with van der Waals surface area (Å²) >= 11 is 3.30.